The minimum absolute atomic E-state index is 0.158. The first-order valence-electron chi connectivity index (χ1n) is 10.3. The van der Waals surface area contributed by atoms with E-state index >= 15 is 0 Å². The van der Waals surface area contributed by atoms with Crippen molar-refractivity contribution in [2.24, 2.45) is 5.92 Å². The topological polar surface area (TPSA) is 92.8 Å². The molecule has 1 aliphatic rings. The number of benzene rings is 2. The average Bonchev–Trinajstić information content (AvgIpc) is 2.79. The summed E-state index contributed by atoms with van der Waals surface area (Å²) in [6, 6.07) is 4.78. The Labute approximate surface area is 197 Å². The molecule has 3 rings (SSSR count). The molecule has 0 aliphatic carbocycles. The van der Waals surface area contributed by atoms with Gasteiger partial charge in [0.05, 0.1) is 22.3 Å². The van der Waals surface area contributed by atoms with Crippen LogP contribution in [0.25, 0.3) is 0 Å². The molecule has 0 bridgehead atoms. The second-order valence-corrected chi connectivity index (χ2v) is 10.0. The average molecular weight is 520 g/mol. The van der Waals surface area contributed by atoms with Gasteiger partial charge < -0.3 is 10.1 Å². The largest absolute Gasteiger partial charge is 0.449 e. The van der Waals surface area contributed by atoms with E-state index in [1.165, 1.54) is 6.92 Å². The molecule has 2 aromatic carbocycles. The van der Waals surface area contributed by atoms with E-state index in [0.717, 1.165) is 29.2 Å². The predicted molar refractivity (Wildman–Crippen MR) is 113 cm³/mol. The number of halogens is 5. The molecule has 190 valence electrons. The third-order valence-corrected chi connectivity index (χ3v) is 7.71. The van der Waals surface area contributed by atoms with Crippen molar-refractivity contribution in [3.63, 3.8) is 0 Å². The predicted octanol–water partition coefficient (Wildman–Crippen LogP) is 3.70. The van der Waals surface area contributed by atoms with Gasteiger partial charge >= 0.3 is 12.3 Å². The molecule has 1 heterocycles. The lowest BCUT2D eigenvalue weighted by atomic mass is 10.0. The van der Waals surface area contributed by atoms with Gasteiger partial charge in [-0.2, -0.15) is 13.2 Å². The van der Waals surface area contributed by atoms with E-state index in [1.54, 1.807) is 0 Å². The number of hydrogen-bond acceptors (Lipinski definition) is 5. The number of nitrogens with one attached hydrogen (secondary N) is 1. The van der Waals surface area contributed by atoms with E-state index in [4.69, 9.17) is 4.74 Å². The number of carbonyl (C=O) groups excluding carboxylic acids is 2. The highest BCUT2D eigenvalue weighted by Crippen LogP contribution is 2.38. The normalized spacial score (nSPS) is 16.4. The zero-order chi connectivity index (χ0) is 26.0. The summed E-state index contributed by atoms with van der Waals surface area (Å²) in [5.74, 6) is -3.55. The molecule has 2 atom stereocenters. The molecule has 0 radical (unpaired) electrons. The van der Waals surface area contributed by atoms with Gasteiger partial charge in [-0.05, 0) is 42.5 Å². The van der Waals surface area contributed by atoms with Crippen LogP contribution >= 0.6 is 0 Å². The number of sulfone groups is 1. The summed E-state index contributed by atoms with van der Waals surface area (Å²) >= 11 is 0. The van der Waals surface area contributed by atoms with Crippen molar-refractivity contribution in [1.82, 2.24) is 10.2 Å². The number of ether oxygens (including phenoxy) is 1. The maximum Gasteiger partial charge on any atom is 0.416 e. The fraction of sp³-hybridized carbons (Fsp3) is 0.364. The van der Waals surface area contributed by atoms with E-state index in [2.05, 4.69) is 5.32 Å². The van der Waals surface area contributed by atoms with Crippen LogP contribution in [-0.2, 0) is 25.5 Å². The third-order valence-electron chi connectivity index (χ3n) is 5.39. The van der Waals surface area contributed by atoms with Crippen LogP contribution in [0.2, 0.25) is 0 Å². The number of alkyl halides is 3. The fourth-order valence-electron chi connectivity index (χ4n) is 3.67. The molecule has 1 aliphatic heterocycles. The van der Waals surface area contributed by atoms with E-state index in [9.17, 15) is 40.0 Å². The van der Waals surface area contributed by atoms with Gasteiger partial charge in [0.15, 0.2) is 9.84 Å². The summed E-state index contributed by atoms with van der Waals surface area (Å²) in [5, 5.41) is 0.720. The molecule has 0 spiro atoms. The van der Waals surface area contributed by atoms with Crippen LogP contribution in [-0.4, -0.2) is 51.6 Å². The lowest BCUT2D eigenvalue weighted by molar-refractivity contribution is -0.137. The molecule has 0 saturated carbocycles. The van der Waals surface area contributed by atoms with E-state index in [1.807, 2.05) is 0 Å². The summed E-state index contributed by atoms with van der Waals surface area (Å²) in [4.78, 5) is 24.3. The zero-order valence-corrected chi connectivity index (χ0v) is 19.1. The summed E-state index contributed by atoms with van der Waals surface area (Å²) in [5.41, 5.74) is -1.65. The maximum atomic E-state index is 14.6. The Bertz CT molecular complexity index is 1200. The smallest absolute Gasteiger partial charge is 0.416 e. The quantitative estimate of drug-likeness (QED) is 0.587. The number of hydrogen-bond donors (Lipinski definition) is 1. The Morgan fingerprint density at radius 1 is 1.14 bits per heavy atom. The van der Waals surface area contributed by atoms with Crippen molar-refractivity contribution < 1.29 is 44.7 Å². The van der Waals surface area contributed by atoms with Gasteiger partial charge in [0.1, 0.15) is 18.2 Å². The highest BCUT2D eigenvalue weighted by molar-refractivity contribution is 7.91. The van der Waals surface area contributed by atoms with Gasteiger partial charge in [-0.15, -0.1) is 0 Å². The van der Waals surface area contributed by atoms with Crippen molar-refractivity contribution in [2.75, 3.05) is 26.2 Å². The number of carbonyl (C=O) groups is 2. The third kappa shape index (κ3) is 6.08. The molecule has 1 saturated heterocycles. The molecule has 35 heavy (non-hydrogen) atoms. The van der Waals surface area contributed by atoms with Gasteiger partial charge in [-0.3, -0.25) is 9.69 Å². The van der Waals surface area contributed by atoms with Gasteiger partial charge in [0, 0.05) is 24.6 Å². The Kier molecular flexibility index (Phi) is 7.68. The second kappa shape index (κ2) is 10.2. The van der Waals surface area contributed by atoms with Crippen LogP contribution in [0.4, 0.5) is 26.7 Å². The minimum atomic E-state index is -4.71. The first kappa shape index (κ1) is 26.4. The van der Waals surface area contributed by atoms with Crippen molar-refractivity contribution in [3.8, 4) is 0 Å². The summed E-state index contributed by atoms with van der Waals surface area (Å²) < 4.78 is 99.2. The molecule has 0 aromatic heterocycles. The van der Waals surface area contributed by atoms with Crippen LogP contribution in [0.5, 0.6) is 0 Å². The highest BCUT2D eigenvalue weighted by Gasteiger charge is 2.38. The Hall–Kier alpha value is -3.22. The van der Waals surface area contributed by atoms with Crippen molar-refractivity contribution in [3.05, 3.63) is 65.2 Å². The Balaban J connectivity index is 1.92. The maximum absolute atomic E-state index is 14.6. The van der Waals surface area contributed by atoms with E-state index < -0.39 is 73.4 Å². The standard InChI is InChI=1S/C22H21F5N2O5S/c1-13(12-34-21(31)29-9-8-28-19(30)11-29)20(17-10-15(23)4-7-18(17)24)35(32,33)16-5-2-14(3-6-16)22(25,26)27/h2-7,10,13,20H,8-9,11-12H2,1H3,(H,28,30)/t13-,20+/m1/s1. The molecule has 1 N–H and O–H groups in total. The first-order chi connectivity index (χ1) is 16.3. The number of rotatable bonds is 6. The lowest BCUT2D eigenvalue weighted by Crippen LogP contribution is -2.50. The van der Waals surface area contributed by atoms with Gasteiger partial charge in [-0.25, -0.2) is 22.0 Å². The molecular formula is C22H21F5N2O5S. The minimum Gasteiger partial charge on any atom is -0.449 e. The van der Waals surface area contributed by atoms with Crippen LogP contribution in [0.1, 0.15) is 23.3 Å². The van der Waals surface area contributed by atoms with Crippen LogP contribution in [0.3, 0.4) is 0 Å². The molecular weight excluding hydrogens is 499 g/mol. The number of nitrogens with zero attached hydrogens (tertiary/aromatic N) is 1. The molecule has 2 amide bonds. The van der Waals surface area contributed by atoms with Crippen LogP contribution in [0.15, 0.2) is 47.4 Å². The monoisotopic (exact) mass is 520 g/mol. The summed E-state index contributed by atoms with van der Waals surface area (Å²) in [7, 11) is -4.58. The van der Waals surface area contributed by atoms with E-state index in [-0.39, 0.29) is 19.6 Å². The first-order valence-corrected chi connectivity index (χ1v) is 11.9. The van der Waals surface area contributed by atoms with Crippen LogP contribution in [0, 0.1) is 17.6 Å². The molecule has 7 nitrogen and oxygen atoms in total. The second-order valence-electron chi connectivity index (χ2n) is 7.98. The van der Waals surface area contributed by atoms with Gasteiger partial charge in [0.2, 0.25) is 5.91 Å². The Morgan fingerprint density at radius 3 is 2.40 bits per heavy atom. The number of amides is 2. The molecule has 0 unspecified atom stereocenters. The van der Waals surface area contributed by atoms with E-state index in [0.29, 0.717) is 18.2 Å². The van der Waals surface area contributed by atoms with Gasteiger partial charge in [-0.1, -0.05) is 6.92 Å². The molecule has 2 aromatic rings. The molecule has 1 fully saturated rings. The number of piperazine rings is 1. The Morgan fingerprint density at radius 2 is 1.80 bits per heavy atom. The SMILES string of the molecule is C[C@H](COC(=O)N1CCNC(=O)C1)[C@@H](c1cc(F)ccc1F)S(=O)(=O)c1ccc(C(F)(F)F)cc1. The highest BCUT2D eigenvalue weighted by atomic mass is 32.2. The summed E-state index contributed by atoms with van der Waals surface area (Å²) in [6.07, 6.45) is -5.61. The lowest BCUT2D eigenvalue weighted by Gasteiger charge is -2.28. The zero-order valence-electron chi connectivity index (χ0n) is 18.3. The van der Waals surface area contributed by atoms with Crippen molar-refractivity contribution in [1.29, 1.82) is 0 Å². The molecule has 13 heteroatoms. The van der Waals surface area contributed by atoms with Gasteiger partial charge in [0.25, 0.3) is 0 Å². The fourth-order valence-corrected chi connectivity index (χ4v) is 5.68. The van der Waals surface area contributed by atoms with Crippen molar-refractivity contribution >= 4 is 21.8 Å². The summed E-state index contributed by atoms with van der Waals surface area (Å²) in [6.45, 7) is 0.844. The van der Waals surface area contributed by atoms with Crippen molar-refractivity contribution in [2.45, 2.75) is 23.2 Å². The van der Waals surface area contributed by atoms with Crippen LogP contribution < -0.4 is 5.32 Å².